The van der Waals surface area contributed by atoms with Gasteiger partial charge in [-0.25, -0.2) is 0 Å². The molecule has 2 aliphatic rings. The fraction of sp³-hybridized carbons (Fsp3) is 0.533. The molecular weight excluding hydrogens is 274 g/mol. The Balaban J connectivity index is 1.76. The predicted molar refractivity (Wildman–Crippen MR) is 75.2 cm³/mol. The van der Waals surface area contributed by atoms with E-state index in [0.29, 0.717) is 31.1 Å². The van der Waals surface area contributed by atoms with Crippen LogP contribution < -0.4 is 9.47 Å². The van der Waals surface area contributed by atoms with Crippen LogP contribution in [0.25, 0.3) is 0 Å². The molecular formula is C15H17NO3S. The van der Waals surface area contributed by atoms with E-state index in [-0.39, 0.29) is 5.41 Å². The van der Waals surface area contributed by atoms with Gasteiger partial charge in [-0.15, -0.1) is 0 Å². The van der Waals surface area contributed by atoms with Gasteiger partial charge in [0.25, 0.3) is 0 Å². The van der Waals surface area contributed by atoms with Crippen molar-refractivity contribution in [1.29, 1.82) is 5.26 Å². The summed E-state index contributed by atoms with van der Waals surface area (Å²) in [4.78, 5) is 0.762. The molecule has 0 radical (unpaired) electrons. The van der Waals surface area contributed by atoms with Crippen LogP contribution in [0, 0.1) is 16.7 Å². The highest BCUT2D eigenvalue weighted by Gasteiger charge is 2.44. The average Bonchev–Trinajstić information content (AvgIpc) is 3.22. The fourth-order valence-corrected chi connectivity index (χ4v) is 3.94. The maximum absolute atomic E-state index is 12.5. The maximum atomic E-state index is 12.5. The number of hydrogen-bond acceptors (Lipinski definition) is 4. The van der Waals surface area contributed by atoms with Gasteiger partial charge in [-0.1, -0.05) is 0 Å². The fourth-order valence-electron chi connectivity index (χ4n) is 2.36. The SMILES string of the molecule is N#CCC1(CS(=O)c2ccc3c(c2)OCCCO3)CC1. The largest absolute Gasteiger partial charge is 0.490 e. The molecule has 1 aliphatic heterocycles. The van der Waals surface area contributed by atoms with Crippen LogP contribution in [0.4, 0.5) is 0 Å². The Morgan fingerprint density at radius 1 is 1.25 bits per heavy atom. The van der Waals surface area contributed by atoms with Crippen molar-refractivity contribution < 1.29 is 13.7 Å². The summed E-state index contributed by atoms with van der Waals surface area (Å²) in [5.41, 5.74) is -0.0102. The highest BCUT2D eigenvalue weighted by molar-refractivity contribution is 7.85. The van der Waals surface area contributed by atoms with Gasteiger partial charge >= 0.3 is 0 Å². The lowest BCUT2D eigenvalue weighted by Gasteiger charge is -2.12. The second-order valence-corrected chi connectivity index (χ2v) is 6.93. The first kappa shape index (κ1) is 13.4. The average molecular weight is 291 g/mol. The van der Waals surface area contributed by atoms with E-state index in [2.05, 4.69) is 6.07 Å². The van der Waals surface area contributed by atoms with E-state index in [0.717, 1.165) is 29.9 Å². The molecule has 0 spiro atoms. The van der Waals surface area contributed by atoms with Crippen molar-refractivity contribution in [3.63, 3.8) is 0 Å². The third-order valence-electron chi connectivity index (χ3n) is 3.83. The third kappa shape index (κ3) is 2.80. The maximum Gasteiger partial charge on any atom is 0.162 e. The molecule has 0 aromatic heterocycles. The molecule has 0 saturated heterocycles. The van der Waals surface area contributed by atoms with Gasteiger partial charge in [0.05, 0.1) is 30.1 Å². The summed E-state index contributed by atoms with van der Waals surface area (Å²) < 4.78 is 23.6. The topological polar surface area (TPSA) is 59.3 Å². The number of fused-ring (bicyclic) bond motifs is 1. The van der Waals surface area contributed by atoms with Crippen molar-refractivity contribution in [3.8, 4) is 17.6 Å². The molecule has 1 aromatic carbocycles. The molecule has 4 nitrogen and oxygen atoms in total. The Hall–Kier alpha value is -1.54. The van der Waals surface area contributed by atoms with E-state index < -0.39 is 10.8 Å². The lowest BCUT2D eigenvalue weighted by atomic mass is 10.1. The van der Waals surface area contributed by atoms with Crippen LogP contribution in [0.2, 0.25) is 0 Å². The van der Waals surface area contributed by atoms with Gasteiger partial charge in [-0.3, -0.25) is 4.21 Å². The summed E-state index contributed by atoms with van der Waals surface area (Å²) in [6.45, 7) is 1.28. The normalized spacial score (nSPS) is 20.6. The Morgan fingerprint density at radius 3 is 2.70 bits per heavy atom. The molecule has 1 heterocycles. The number of benzene rings is 1. The minimum absolute atomic E-state index is 0.0102. The zero-order chi connectivity index (χ0) is 14.0. The van der Waals surface area contributed by atoms with E-state index in [1.807, 2.05) is 18.2 Å². The molecule has 0 bridgehead atoms. The smallest absolute Gasteiger partial charge is 0.162 e. The van der Waals surface area contributed by atoms with Crippen LogP contribution >= 0.6 is 0 Å². The number of nitriles is 1. The van der Waals surface area contributed by atoms with Crippen LogP contribution in [0.5, 0.6) is 11.5 Å². The summed E-state index contributed by atoms with van der Waals surface area (Å²) in [5, 5.41) is 8.83. The summed E-state index contributed by atoms with van der Waals surface area (Å²) in [6, 6.07) is 7.70. The first-order chi connectivity index (χ1) is 9.72. The minimum Gasteiger partial charge on any atom is -0.490 e. The molecule has 5 heteroatoms. The molecule has 1 aromatic rings. The summed E-state index contributed by atoms with van der Waals surface area (Å²) >= 11 is 0. The molecule has 20 heavy (non-hydrogen) atoms. The van der Waals surface area contributed by atoms with Crippen molar-refractivity contribution in [1.82, 2.24) is 0 Å². The van der Waals surface area contributed by atoms with Gasteiger partial charge in [-0.2, -0.15) is 5.26 Å². The van der Waals surface area contributed by atoms with E-state index in [1.165, 1.54) is 0 Å². The molecule has 1 aliphatic carbocycles. The van der Waals surface area contributed by atoms with Gasteiger partial charge in [0.2, 0.25) is 0 Å². The zero-order valence-electron chi connectivity index (χ0n) is 11.3. The third-order valence-corrected chi connectivity index (χ3v) is 5.48. The molecule has 1 saturated carbocycles. The van der Waals surface area contributed by atoms with Gasteiger partial charge in [-0.05, 0) is 30.4 Å². The molecule has 1 unspecified atom stereocenters. The van der Waals surface area contributed by atoms with Gasteiger partial charge in [0.15, 0.2) is 11.5 Å². The summed E-state index contributed by atoms with van der Waals surface area (Å²) in [7, 11) is -1.08. The van der Waals surface area contributed by atoms with Crippen LogP contribution in [0.3, 0.4) is 0 Å². The molecule has 1 fully saturated rings. The first-order valence-corrected chi connectivity index (χ1v) is 8.19. The van der Waals surface area contributed by atoms with Crippen molar-refractivity contribution in [2.45, 2.75) is 30.6 Å². The van der Waals surface area contributed by atoms with Gasteiger partial charge < -0.3 is 9.47 Å². The number of rotatable bonds is 4. The lowest BCUT2D eigenvalue weighted by molar-refractivity contribution is 0.297. The minimum atomic E-state index is -1.08. The van der Waals surface area contributed by atoms with E-state index in [4.69, 9.17) is 14.7 Å². The Bertz CT molecular complexity index is 575. The second-order valence-electron chi connectivity index (χ2n) is 5.48. The number of nitrogens with zero attached hydrogens (tertiary/aromatic N) is 1. The van der Waals surface area contributed by atoms with Crippen molar-refractivity contribution in [2.24, 2.45) is 5.41 Å². The second kappa shape index (κ2) is 5.45. The van der Waals surface area contributed by atoms with E-state index in [1.54, 1.807) is 0 Å². The van der Waals surface area contributed by atoms with Crippen LogP contribution in [0.1, 0.15) is 25.7 Å². The molecule has 106 valence electrons. The predicted octanol–water partition coefficient (Wildman–Crippen LogP) is 2.65. The highest BCUT2D eigenvalue weighted by Crippen LogP contribution is 2.49. The molecule has 0 N–H and O–H groups in total. The number of ether oxygens (including phenoxy) is 2. The summed E-state index contributed by atoms with van der Waals surface area (Å²) in [6.07, 6.45) is 3.38. The van der Waals surface area contributed by atoms with Crippen molar-refractivity contribution >= 4 is 10.8 Å². The summed E-state index contributed by atoms with van der Waals surface area (Å²) in [5.74, 6) is 1.97. The van der Waals surface area contributed by atoms with Crippen LogP contribution in [-0.2, 0) is 10.8 Å². The van der Waals surface area contributed by atoms with Crippen LogP contribution in [-0.4, -0.2) is 23.2 Å². The molecule has 0 amide bonds. The molecule has 1 atom stereocenters. The van der Waals surface area contributed by atoms with Crippen LogP contribution in [0.15, 0.2) is 23.1 Å². The van der Waals surface area contributed by atoms with E-state index in [9.17, 15) is 4.21 Å². The van der Waals surface area contributed by atoms with Crippen molar-refractivity contribution in [2.75, 3.05) is 19.0 Å². The Labute approximate surface area is 121 Å². The van der Waals surface area contributed by atoms with E-state index >= 15 is 0 Å². The lowest BCUT2D eigenvalue weighted by Crippen LogP contribution is -2.12. The first-order valence-electron chi connectivity index (χ1n) is 6.87. The number of hydrogen-bond donors (Lipinski definition) is 0. The highest BCUT2D eigenvalue weighted by atomic mass is 32.2. The Morgan fingerprint density at radius 2 is 2.00 bits per heavy atom. The van der Waals surface area contributed by atoms with Gasteiger partial charge in [0.1, 0.15) is 0 Å². The zero-order valence-corrected chi connectivity index (χ0v) is 12.1. The molecule has 3 rings (SSSR count). The Kier molecular flexibility index (Phi) is 3.66. The monoisotopic (exact) mass is 291 g/mol. The quantitative estimate of drug-likeness (QED) is 0.855. The van der Waals surface area contributed by atoms with Crippen molar-refractivity contribution in [3.05, 3.63) is 18.2 Å². The standard InChI is InChI=1S/C15H17NO3S/c16-7-6-15(4-5-15)11-20(17)12-2-3-13-14(10-12)19-9-1-8-18-13/h2-3,10H,1,4-6,8-9,11H2. The van der Waals surface area contributed by atoms with Gasteiger partial charge in [0, 0.05) is 29.6 Å².